The van der Waals surface area contributed by atoms with Crippen molar-refractivity contribution in [3.05, 3.63) is 59.3 Å². The third-order valence-electron chi connectivity index (χ3n) is 4.83. The van der Waals surface area contributed by atoms with Crippen LogP contribution in [0.4, 0.5) is 29.3 Å². The first-order chi connectivity index (χ1) is 12.9. The molecule has 0 aliphatic heterocycles. The predicted octanol–water partition coefficient (Wildman–Crippen LogP) is 5.71. The van der Waals surface area contributed by atoms with E-state index in [0.717, 1.165) is 30.5 Å². The molecule has 0 bridgehead atoms. The van der Waals surface area contributed by atoms with Gasteiger partial charge in [-0.25, -0.2) is 4.79 Å². The molecule has 2 amide bonds. The predicted molar refractivity (Wildman–Crippen MR) is 99.0 cm³/mol. The summed E-state index contributed by atoms with van der Waals surface area (Å²) < 4.78 is 37.7. The largest absolute Gasteiger partial charge is 0.416 e. The van der Waals surface area contributed by atoms with E-state index >= 15 is 0 Å². The summed E-state index contributed by atoms with van der Waals surface area (Å²) in [6.45, 7) is 0. The number of hydrogen-bond acceptors (Lipinski definition) is 1. The number of aromatic amines is 1. The number of carbonyl (C=O) groups is 1. The minimum atomic E-state index is -4.40. The molecule has 1 aliphatic carbocycles. The molecule has 2 aromatic carbocycles. The molecule has 0 atom stereocenters. The summed E-state index contributed by atoms with van der Waals surface area (Å²) in [4.78, 5) is 15.6. The lowest BCUT2D eigenvalue weighted by Gasteiger charge is -2.11. The molecule has 1 aromatic heterocycles. The van der Waals surface area contributed by atoms with Gasteiger partial charge in [0.1, 0.15) is 0 Å². The third-order valence-corrected chi connectivity index (χ3v) is 4.83. The monoisotopic (exact) mass is 373 g/mol. The Balaban J connectivity index is 1.46. The summed E-state index contributed by atoms with van der Waals surface area (Å²) in [6.07, 6.45) is 0.0824. The van der Waals surface area contributed by atoms with E-state index in [-0.39, 0.29) is 5.69 Å². The van der Waals surface area contributed by atoms with E-state index in [1.165, 1.54) is 41.6 Å². The van der Waals surface area contributed by atoms with Gasteiger partial charge < -0.3 is 15.6 Å². The van der Waals surface area contributed by atoms with Crippen molar-refractivity contribution in [2.24, 2.45) is 0 Å². The van der Waals surface area contributed by atoms with Crippen LogP contribution in [-0.4, -0.2) is 11.0 Å². The Bertz CT molecular complexity index is 990. The molecule has 0 saturated heterocycles. The molecule has 0 fully saturated rings. The molecule has 0 saturated carbocycles. The van der Waals surface area contributed by atoms with Crippen molar-refractivity contribution in [3.63, 3.8) is 0 Å². The highest BCUT2D eigenvalue weighted by molar-refractivity contribution is 6.01. The summed E-state index contributed by atoms with van der Waals surface area (Å²) in [5.41, 5.74) is 3.76. The Labute approximate surface area is 153 Å². The number of nitrogens with one attached hydrogen (secondary N) is 3. The molecule has 1 aliphatic rings. The van der Waals surface area contributed by atoms with Crippen molar-refractivity contribution >= 4 is 28.3 Å². The number of hydrogen-bond donors (Lipinski definition) is 3. The van der Waals surface area contributed by atoms with Gasteiger partial charge in [-0.2, -0.15) is 13.2 Å². The fraction of sp³-hybridized carbons (Fsp3) is 0.250. The number of urea groups is 1. The minimum absolute atomic E-state index is 0.289. The maximum absolute atomic E-state index is 12.6. The molecule has 4 nitrogen and oxygen atoms in total. The standard InChI is InChI=1S/C20H18F3N3O/c21-20(22,23)12-5-7-13(8-6-12)24-19(27)25-14-9-10-16-15-3-1-2-4-17(15)26-18(16)11-14/h5-11,26H,1-4H2,(H2,24,25,27). The molecular formula is C20H18F3N3O. The average molecular weight is 373 g/mol. The molecule has 3 N–H and O–H groups in total. The highest BCUT2D eigenvalue weighted by Gasteiger charge is 2.30. The lowest BCUT2D eigenvalue weighted by atomic mass is 9.96. The van der Waals surface area contributed by atoms with Crippen molar-refractivity contribution < 1.29 is 18.0 Å². The second-order valence-corrected chi connectivity index (χ2v) is 6.70. The van der Waals surface area contributed by atoms with E-state index < -0.39 is 17.8 Å². The van der Waals surface area contributed by atoms with Crippen LogP contribution in [0.2, 0.25) is 0 Å². The zero-order valence-corrected chi connectivity index (χ0v) is 14.4. The van der Waals surface area contributed by atoms with Gasteiger partial charge in [0.15, 0.2) is 0 Å². The first-order valence-corrected chi connectivity index (χ1v) is 8.79. The summed E-state index contributed by atoms with van der Waals surface area (Å²) in [5, 5.41) is 6.43. The second-order valence-electron chi connectivity index (χ2n) is 6.70. The van der Waals surface area contributed by atoms with Crippen molar-refractivity contribution in [1.29, 1.82) is 0 Å². The summed E-state index contributed by atoms with van der Waals surface area (Å²) in [6, 6.07) is 9.51. The first kappa shape index (κ1) is 17.5. The zero-order chi connectivity index (χ0) is 19.0. The molecule has 4 rings (SSSR count). The number of amides is 2. The van der Waals surface area contributed by atoms with Gasteiger partial charge in [0, 0.05) is 28.0 Å². The fourth-order valence-corrected chi connectivity index (χ4v) is 3.53. The van der Waals surface area contributed by atoms with E-state index in [2.05, 4.69) is 15.6 Å². The Hall–Kier alpha value is -2.96. The average Bonchev–Trinajstić information content (AvgIpc) is 2.99. The normalized spacial score (nSPS) is 14.0. The van der Waals surface area contributed by atoms with E-state index in [4.69, 9.17) is 0 Å². The maximum Gasteiger partial charge on any atom is 0.416 e. The highest BCUT2D eigenvalue weighted by atomic mass is 19.4. The number of benzene rings is 2. The molecule has 0 radical (unpaired) electrons. The van der Waals surface area contributed by atoms with Crippen LogP contribution in [0.5, 0.6) is 0 Å². The van der Waals surface area contributed by atoms with Crippen LogP contribution in [0, 0.1) is 0 Å². The smallest absolute Gasteiger partial charge is 0.358 e. The van der Waals surface area contributed by atoms with Crippen molar-refractivity contribution in [2.45, 2.75) is 31.9 Å². The summed E-state index contributed by atoms with van der Waals surface area (Å²) in [7, 11) is 0. The Morgan fingerprint density at radius 1 is 0.926 bits per heavy atom. The summed E-state index contributed by atoms with van der Waals surface area (Å²) in [5.74, 6) is 0. The number of fused-ring (bicyclic) bond motifs is 3. The molecule has 0 unspecified atom stereocenters. The van der Waals surface area contributed by atoms with Crippen molar-refractivity contribution in [3.8, 4) is 0 Å². The minimum Gasteiger partial charge on any atom is -0.358 e. The van der Waals surface area contributed by atoms with Crippen LogP contribution in [0.15, 0.2) is 42.5 Å². The van der Waals surface area contributed by atoms with Crippen LogP contribution >= 0.6 is 0 Å². The van der Waals surface area contributed by atoms with Crippen LogP contribution < -0.4 is 10.6 Å². The number of H-pyrrole nitrogens is 1. The third kappa shape index (κ3) is 3.63. The lowest BCUT2D eigenvalue weighted by Crippen LogP contribution is -2.19. The van der Waals surface area contributed by atoms with Crippen LogP contribution in [0.3, 0.4) is 0 Å². The summed E-state index contributed by atoms with van der Waals surface area (Å²) >= 11 is 0. The second kappa shape index (κ2) is 6.64. The van der Waals surface area contributed by atoms with Gasteiger partial charge in [0.05, 0.1) is 5.56 Å². The van der Waals surface area contributed by atoms with Gasteiger partial charge in [-0.05, 0) is 67.6 Å². The van der Waals surface area contributed by atoms with Crippen LogP contribution in [0.1, 0.15) is 29.7 Å². The molecule has 27 heavy (non-hydrogen) atoms. The molecule has 1 heterocycles. The molecule has 3 aromatic rings. The quantitative estimate of drug-likeness (QED) is 0.529. The number of halogens is 3. The highest BCUT2D eigenvalue weighted by Crippen LogP contribution is 2.31. The number of aromatic nitrogens is 1. The lowest BCUT2D eigenvalue weighted by molar-refractivity contribution is -0.137. The maximum atomic E-state index is 12.6. The Kier molecular flexibility index (Phi) is 4.30. The SMILES string of the molecule is O=C(Nc1ccc(C(F)(F)F)cc1)Nc1ccc2c3c([nH]c2c1)CCCC3. The topological polar surface area (TPSA) is 56.9 Å². The van der Waals surface area contributed by atoms with E-state index in [9.17, 15) is 18.0 Å². The van der Waals surface area contributed by atoms with Gasteiger partial charge in [-0.3, -0.25) is 0 Å². The fourth-order valence-electron chi connectivity index (χ4n) is 3.53. The van der Waals surface area contributed by atoms with Crippen molar-refractivity contribution in [2.75, 3.05) is 10.6 Å². The zero-order valence-electron chi connectivity index (χ0n) is 14.4. The van der Waals surface area contributed by atoms with Crippen LogP contribution in [0.25, 0.3) is 10.9 Å². The van der Waals surface area contributed by atoms with E-state index in [1.807, 2.05) is 18.2 Å². The molecule has 0 spiro atoms. The number of anilines is 2. The van der Waals surface area contributed by atoms with Gasteiger partial charge in [-0.15, -0.1) is 0 Å². The van der Waals surface area contributed by atoms with Crippen LogP contribution in [-0.2, 0) is 19.0 Å². The number of alkyl halides is 3. The van der Waals surface area contributed by atoms with E-state index in [1.54, 1.807) is 0 Å². The molecule has 7 heteroatoms. The Morgan fingerprint density at radius 2 is 1.59 bits per heavy atom. The van der Waals surface area contributed by atoms with E-state index in [0.29, 0.717) is 5.69 Å². The first-order valence-electron chi connectivity index (χ1n) is 8.79. The molecule has 140 valence electrons. The van der Waals surface area contributed by atoms with Gasteiger partial charge in [-0.1, -0.05) is 6.07 Å². The number of carbonyl (C=O) groups excluding carboxylic acids is 1. The molecular weight excluding hydrogens is 355 g/mol. The van der Waals surface area contributed by atoms with Gasteiger partial charge in [0.25, 0.3) is 0 Å². The number of aryl methyl sites for hydroxylation is 2. The number of rotatable bonds is 2. The van der Waals surface area contributed by atoms with Gasteiger partial charge >= 0.3 is 12.2 Å². The van der Waals surface area contributed by atoms with Crippen molar-refractivity contribution in [1.82, 2.24) is 4.98 Å². The van der Waals surface area contributed by atoms with Gasteiger partial charge in [0.2, 0.25) is 0 Å². The Morgan fingerprint density at radius 3 is 2.33 bits per heavy atom.